The molecule has 0 fully saturated rings. The standard InChI is InChI=1S/C16H14Cl2O2S/c1-20-16(19)8-11-4-2-3-5-12(11)10-21-15-9-13(17)6-7-14(15)18/h2-7,9H,8,10H2,1H3. The van der Waals surface area contributed by atoms with Gasteiger partial charge in [-0.25, -0.2) is 0 Å². The number of ether oxygens (including phenoxy) is 1. The van der Waals surface area contributed by atoms with E-state index in [1.54, 1.807) is 23.9 Å². The molecule has 2 aromatic carbocycles. The van der Waals surface area contributed by atoms with E-state index in [0.717, 1.165) is 16.0 Å². The molecule has 0 aliphatic carbocycles. The molecule has 0 aliphatic heterocycles. The zero-order valence-corrected chi connectivity index (χ0v) is 13.8. The van der Waals surface area contributed by atoms with Gasteiger partial charge < -0.3 is 4.74 Å². The number of halogens is 2. The molecule has 110 valence electrons. The molecule has 0 bridgehead atoms. The predicted octanol–water partition coefficient (Wildman–Crippen LogP) is 5.00. The Morgan fingerprint density at radius 2 is 1.86 bits per heavy atom. The molecule has 0 heterocycles. The molecule has 21 heavy (non-hydrogen) atoms. The molecular weight excluding hydrogens is 327 g/mol. The number of methoxy groups -OCH3 is 1. The Balaban J connectivity index is 2.13. The fraction of sp³-hybridized carbons (Fsp3) is 0.188. The van der Waals surface area contributed by atoms with Crippen LogP contribution in [0.3, 0.4) is 0 Å². The van der Waals surface area contributed by atoms with Crippen LogP contribution in [0.2, 0.25) is 10.0 Å². The second-order valence-electron chi connectivity index (χ2n) is 4.39. The van der Waals surface area contributed by atoms with E-state index in [1.807, 2.05) is 30.3 Å². The van der Waals surface area contributed by atoms with Crippen LogP contribution in [-0.4, -0.2) is 13.1 Å². The quantitative estimate of drug-likeness (QED) is 0.565. The third-order valence-electron chi connectivity index (χ3n) is 2.96. The fourth-order valence-electron chi connectivity index (χ4n) is 1.84. The zero-order chi connectivity index (χ0) is 15.2. The van der Waals surface area contributed by atoms with E-state index in [2.05, 4.69) is 0 Å². The second kappa shape index (κ2) is 7.74. The lowest BCUT2D eigenvalue weighted by molar-refractivity contribution is -0.139. The Hall–Kier alpha value is -1.16. The summed E-state index contributed by atoms with van der Waals surface area (Å²) in [4.78, 5) is 12.4. The molecule has 0 atom stereocenters. The number of benzene rings is 2. The molecule has 5 heteroatoms. The van der Waals surface area contributed by atoms with Gasteiger partial charge in [0.05, 0.1) is 18.6 Å². The van der Waals surface area contributed by atoms with E-state index in [0.29, 0.717) is 15.8 Å². The van der Waals surface area contributed by atoms with Crippen molar-refractivity contribution >= 4 is 40.9 Å². The van der Waals surface area contributed by atoms with Gasteiger partial charge >= 0.3 is 5.97 Å². The maximum atomic E-state index is 11.4. The van der Waals surface area contributed by atoms with Crippen LogP contribution < -0.4 is 0 Å². The van der Waals surface area contributed by atoms with E-state index in [-0.39, 0.29) is 12.4 Å². The first-order valence-electron chi connectivity index (χ1n) is 6.31. The van der Waals surface area contributed by atoms with Crippen molar-refractivity contribution in [2.24, 2.45) is 0 Å². The van der Waals surface area contributed by atoms with E-state index in [9.17, 15) is 4.79 Å². The third kappa shape index (κ3) is 4.67. The van der Waals surface area contributed by atoms with Gasteiger partial charge in [0.25, 0.3) is 0 Å². The van der Waals surface area contributed by atoms with Crippen molar-refractivity contribution in [3.05, 3.63) is 63.6 Å². The SMILES string of the molecule is COC(=O)Cc1ccccc1CSc1cc(Cl)ccc1Cl. The Kier molecular flexibility index (Phi) is 5.97. The molecule has 0 aliphatic rings. The lowest BCUT2D eigenvalue weighted by Gasteiger charge is -2.09. The van der Waals surface area contributed by atoms with Crippen molar-refractivity contribution in [1.82, 2.24) is 0 Å². The van der Waals surface area contributed by atoms with E-state index in [1.165, 1.54) is 7.11 Å². The number of hydrogen-bond acceptors (Lipinski definition) is 3. The summed E-state index contributed by atoms with van der Waals surface area (Å²) in [6.07, 6.45) is 0.274. The van der Waals surface area contributed by atoms with Crippen molar-refractivity contribution in [2.75, 3.05) is 7.11 Å². The van der Waals surface area contributed by atoms with E-state index >= 15 is 0 Å². The van der Waals surface area contributed by atoms with Gasteiger partial charge in [-0.15, -0.1) is 11.8 Å². The van der Waals surface area contributed by atoms with Crippen LogP contribution in [0, 0.1) is 0 Å². The Labute approximate surface area is 138 Å². The lowest BCUT2D eigenvalue weighted by atomic mass is 10.1. The van der Waals surface area contributed by atoms with Crippen LogP contribution in [0.25, 0.3) is 0 Å². The molecule has 0 saturated carbocycles. The summed E-state index contributed by atoms with van der Waals surface area (Å²) < 4.78 is 4.72. The van der Waals surface area contributed by atoms with E-state index in [4.69, 9.17) is 27.9 Å². The summed E-state index contributed by atoms with van der Waals surface area (Å²) in [6.45, 7) is 0. The molecule has 0 amide bonds. The largest absolute Gasteiger partial charge is 0.469 e. The maximum absolute atomic E-state index is 11.4. The highest BCUT2D eigenvalue weighted by atomic mass is 35.5. The Morgan fingerprint density at radius 3 is 2.57 bits per heavy atom. The Bertz CT molecular complexity index is 644. The van der Waals surface area contributed by atoms with Gasteiger partial charge in [0, 0.05) is 15.7 Å². The molecular formula is C16H14Cl2O2S. The van der Waals surface area contributed by atoms with Crippen molar-refractivity contribution < 1.29 is 9.53 Å². The molecule has 0 N–H and O–H groups in total. The predicted molar refractivity (Wildman–Crippen MR) is 88.2 cm³/mol. The number of rotatable bonds is 5. The molecule has 0 unspecified atom stereocenters. The highest BCUT2D eigenvalue weighted by molar-refractivity contribution is 7.98. The first-order chi connectivity index (χ1) is 10.1. The van der Waals surface area contributed by atoms with Gasteiger partial charge in [-0.2, -0.15) is 0 Å². The molecule has 2 nitrogen and oxygen atoms in total. The average molecular weight is 341 g/mol. The normalized spacial score (nSPS) is 10.4. The molecule has 0 spiro atoms. The van der Waals surface area contributed by atoms with Gasteiger partial charge in [-0.1, -0.05) is 47.5 Å². The van der Waals surface area contributed by atoms with E-state index < -0.39 is 0 Å². The smallest absolute Gasteiger partial charge is 0.309 e. The summed E-state index contributed by atoms with van der Waals surface area (Å²) in [5.74, 6) is 0.473. The van der Waals surface area contributed by atoms with Crippen molar-refractivity contribution in [1.29, 1.82) is 0 Å². The fourth-order valence-corrected chi connectivity index (χ4v) is 3.37. The van der Waals surface area contributed by atoms with Crippen molar-refractivity contribution in [3.63, 3.8) is 0 Å². The summed E-state index contributed by atoms with van der Waals surface area (Å²) in [5.41, 5.74) is 2.05. The monoisotopic (exact) mass is 340 g/mol. The summed E-state index contributed by atoms with van der Waals surface area (Å²) in [7, 11) is 1.39. The van der Waals surface area contributed by atoms with Crippen LogP contribution in [0.15, 0.2) is 47.4 Å². The molecule has 0 aromatic heterocycles. The third-order valence-corrected chi connectivity index (χ3v) is 4.74. The molecule has 0 saturated heterocycles. The Morgan fingerprint density at radius 1 is 1.14 bits per heavy atom. The molecule has 2 aromatic rings. The van der Waals surface area contributed by atoms with Crippen LogP contribution in [0.4, 0.5) is 0 Å². The van der Waals surface area contributed by atoms with Crippen LogP contribution in [0.5, 0.6) is 0 Å². The molecule has 0 radical (unpaired) electrons. The topological polar surface area (TPSA) is 26.3 Å². The van der Waals surface area contributed by atoms with Crippen molar-refractivity contribution in [2.45, 2.75) is 17.1 Å². The average Bonchev–Trinajstić information content (AvgIpc) is 2.49. The summed E-state index contributed by atoms with van der Waals surface area (Å²) >= 11 is 13.7. The first-order valence-corrected chi connectivity index (χ1v) is 8.05. The number of thioether (sulfide) groups is 1. The summed E-state index contributed by atoms with van der Waals surface area (Å²) in [5, 5.41) is 1.33. The minimum Gasteiger partial charge on any atom is -0.469 e. The lowest BCUT2D eigenvalue weighted by Crippen LogP contribution is -2.06. The highest BCUT2D eigenvalue weighted by Crippen LogP contribution is 2.32. The highest BCUT2D eigenvalue weighted by Gasteiger charge is 2.09. The van der Waals surface area contributed by atoms with Gasteiger partial charge in [0.2, 0.25) is 0 Å². The second-order valence-corrected chi connectivity index (χ2v) is 6.25. The number of hydrogen-bond donors (Lipinski definition) is 0. The van der Waals surface area contributed by atoms with Gasteiger partial charge in [-0.3, -0.25) is 4.79 Å². The summed E-state index contributed by atoms with van der Waals surface area (Å²) in [6, 6.07) is 13.2. The molecule has 2 rings (SSSR count). The van der Waals surface area contributed by atoms with Gasteiger partial charge in [0.1, 0.15) is 0 Å². The number of esters is 1. The van der Waals surface area contributed by atoms with Crippen LogP contribution in [-0.2, 0) is 21.7 Å². The minimum absolute atomic E-state index is 0.242. The number of carbonyl (C=O) groups excluding carboxylic acids is 1. The van der Waals surface area contributed by atoms with Crippen molar-refractivity contribution in [3.8, 4) is 0 Å². The minimum atomic E-state index is -0.242. The van der Waals surface area contributed by atoms with Crippen LogP contribution in [0.1, 0.15) is 11.1 Å². The number of carbonyl (C=O) groups is 1. The van der Waals surface area contributed by atoms with Gasteiger partial charge in [0.15, 0.2) is 0 Å². The first kappa shape index (κ1) is 16.2. The van der Waals surface area contributed by atoms with Crippen LogP contribution >= 0.6 is 35.0 Å². The zero-order valence-electron chi connectivity index (χ0n) is 11.4. The van der Waals surface area contributed by atoms with Gasteiger partial charge in [-0.05, 0) is 29.3 Å². The maximum Gasteiger partial charge on any atom is 0.309 e.